The van der Waals surface area contributed by atoms with Gasteiger partial charge in [-0.2, -0.15) is 5.26 Å². The number of nitriles is 1. The molecule has 0 amide bonds. The molecule has 2 aromatic rings. The Labute approximate surface area is 125 Å². The van der Waals surface area contributed by atoms with Crippen LogP contribution in [0.25, 0.3) is 0 Å². The molecule has 1 unspecified atom stereocenters. The van der Waals surface area contributed by atoms with Crippen molar-refractivity contribution in [2.24, 2.45) is 0 Å². The quantitative estimate of drug-likeness (QED) is 0.906. The summed E-state index contributed by atoms with van der Waals surface area (Å²) in [7, 11) is 0. The van der Waals surface area contributed by atoms with E-state index in [1.807, 2.05) is 6.07 Å². The van der Waals surface area contributed by atoms with Crippen LogP contribution in [-0.2, 0) is 0 Å². The van der Waals surface area contributed by atoms with E-state index < -0.39 is 23.3 Å². The summed E-state index contributed by atoms with van der Waals surface area (Å²) in [6.07, 6.45) is -1.36. The number of halogens is 3. The third-order valence-corrected chi connectivity index (χ3v) is 3.23. The molecule has 2 N–H and O–H groups in total. The van der Waals surface area contributed by atoms with E-state index in [0.717, 1.165) is 12.1 Å². The second-order valence-corrected chi connectivity index (χ2v) is 4.75. The largest absolute Gasteiger partial charge is 0.386 e. The van der Waals surface area contributed by atoms with E-state index in [1.165, 1.54) is 12.1 Å². The first kappa shape index (κ1) is 15.2. The maximum atomic E-state index is 13.5. The van der Waals surface area contributed by atoms with Crippen LogP contribution in [0.2, 0.25) is 5.02 Å². The van der Waals surface area contributed by atoms with E-state index in [4.69, 9.17) is 16.9 Å². The number of nitrogens with zero attached hydrogens (tertiary/aromatic N) is 1. The first-order chi connectivity index (χ1) is 10.0. The van der Waals surface area contributed by atoms with Gasteiger partial charge in [-0.25, -0.2) is 8.78 Å². The Kier molecular flexibility index (Phi) is 4.73. The van der Waals surface area contributed by atoms with Gasteiger partial charge in [-0.1, -0.05) is 17.7 Å². The van der Waals surface area contributed by atoms with Crippen LogP contribution in [-0.4, -0.2) is 11.7 Å². The molecule has 0 aromatic heterocycles. The Morgan fingerprint density at radius 3 is 2.48 bits per heavy atom. The summed E-state index contributed by atoms with van der Waals surface area (Å²) in [5.41, 5.74) is 0.465. The Morgan fingerprint density at radius 2 is 1.90 bits per heavy atom. The molecular formula is C15H11ClF2N2O. The molecule has 3 nitrogen and oxygen atoms in total. The maximum Gasteiger partial charge on any atom is 0.132 e. The first-order valence-electron chi connectivity index (χ1n) is 6.08. The van der Waals surface area contributed by atoms with Crippen LogP contribution in [0.3, 0.4) is 0 Å². The molecule has 0 saturated carbocycles. The zero-order valence-electron chi connectivity index (χ0n) is 10.8. The number of nitrogens with one attached hydrogen (secondary N) is 1. The predicted molar refractivity (Wildman–Crippen MR) is 76.0 cm³/mol. The highest BCUT2D eigenvalue weighted by molar-refractivity contribution is 6.33. The molecule has 0 bridgehead atoms. The molecule has 2 rings (SSSR count). The highest BCUT2D eigenvalue weighted by Gasteiger charge is 2.17. The van der Waals surface area contributed by atoms with E-state index in [-0.39, 0.29) is 11.6 Å². The summed E-state index contributed by atoms with van der Waals surface area (Å²) in [5, 5.41) is 21.7. The lowest BCUT2D eigenvalue weighted by Gasteiger charge is -2.15. The molecule has 1 atom stereocenters. The Bertz CT molecular complexity index is 680. The minimum absolute atomic E-state index is 0.122. The monoisotopic (exact) mass is 308 g/mol. The molecule has 108 valence electrons. The smallest absolute Gasteiger partial charge is 0.132 e. The Balaban J connectivity index is 2.11. The lowest BCUT2D eigenvalue weighted by molar-refractivity contribution is 0.181. The van der Waals surface area contributed by atoms with Crippen LogP contribution in [0.1, 0.15) is 17.2 Å². The fourth-order valence-corrected chi connectivity index (χ4v) is 2.11. The van der Waals surface area contributed by atoms with Crippen molar-refractivity contribution in [2.45, 2.75) is 6.10 Å². The number of rotatable bonds is 4. The Hall–Kier alpha value is -2.16. The lowest BCUT2D eigenvalue weighted by atomic mass is 10.1. The van der Waals surface area contributed by atoms with Gasteiger partial charge in [-0.15, -0.1) is 0 Å². The van der Waals surface area contributed by atoms with Crippen LogP contribution < -0.4 is 5.32 Å². The van der Waals surface area contributed by atoms with Gasteiger partial charge in [0.05, 0.1) is 27.9 Å². The zero-order chi connectivity index (χ0) is 15.4. The zero-order valence-corrected chi connectivity index (χ0v) is 11.5. The number of benzene rings is 2. The molecule has 0 fully saturated rings. The van der Waals surface area contributed by atoms with Crippen LogP contribution in [0.4, 0.5) is 14.5 Å². The summed E-state index contributed by atoms with van der Waals surface area (Å²) in [4.78, 5) is 0. The Morgan fingerprint density at radius 1 is 1.24 bits per heavy atom. The van der Waals surface area contributed by atoms with Crippen molar-refractivity contribution < 1.29 is 13.9 Å². The van der Waals surface area contributed by atoms with Crippen molar-refractivity contribution in [2.75, 3.05) is 11.9 Å². The molecule has 0 saturated heterocycles. The number of anilines is 1. The third-order valence-electron chi connectivity index (χ3n) is 2.92. The second kappa shape index (κ2) is 6.53. The van der Waals surface area contributed by atoms with E-state index in [0.29, 0.717) is 11.3 Å². The normalized spacial score (nSPS) is 11.8. The van der Waals surface area contributed by atoms with Crippen molar-refractivity contribution in [3.8, 4) is 6.07 Å². The van der Waals surface area contributed by atoms with E-state index in [2.05, 4.69) is 5.32 Å². The molecule has 0 heterocycles. The van der Waals surface area contributed by atoms with Gasteiger partial charge in [0.15, 0.2) is 0 Å². The van der Waals surface area contributed by atoms with Crippen molar-refractivity contribution in [3.05, 3.63) is 64.2 Å². The van der Waals surface area contributed by atoms with Crippen LogP contribution in [0.5, 0.6) is 0 Å². The third kappa shape index (κ3) is 3.48. The highest BCUT2D eigenvalue weighted by Crippen LogP contribution is 2.25. The van der Waals surface area contributed by atoms with Crippen molar-refractivity contribution in [1.29, 1.82) is 5.26 Å². The average molecular weight is 309 g/mol. The van der Waals surface area contributed by atoms with Gasteiger partial charge in [0.25, 0.3) is 0 Å². The van der Waals surface area contributed by atoms with Crippen molar-refractivity contribution in [3.63, 3.8) is 0 Å². The second-order valence-electron chi connectivity index (χ2n) is 4.34. The standard InChI is InChI=1S/C15H11ClF2N2O/c16-10-6-9(7-19)4-5-13(10)20-8-14(21)15-11(17)2-1-3-12(15)18/h1-6,14,20-21H,8H2. The van der Waals surface area contributed by atoms with Crippen LogP contribution in [0.15, 0.2) is 36.4 Å². The summed E-state index contributed by atoms with van der Waals surface area (Å²) < 4.78 is 27.0. The van der Waals surface area contributed by atoms with Crippen LogP contribution in [0, 0.1) is 23.0 Å². The maximum absolute atomic E-state index is 13.5. The summed E-state index contributed by atoms with van der Waals surface area (Å²) >= 11 is 5.96. The van der Waals surface area contributed by atoms with E-state index >= 15 is 0 Å². The fourth-order valence-electron chi connectivity index (χ4n) is 1.87. The molecule has 0 radical (unpaired) electrons. The predicted octanol–water partition coefficient (Wildman–Crippen LogP) is 3.64. The number of hydrogen-bond donors (Lipinski definition) is 2. The fraction of sp³-hybridized carbons (Fsp3) is 0.133. The minimum Gasteiger partial charge on any atom is -0.386 e. The van der Waals surface area contributed by atoms with Gasteiger partial charge in [0.1, 0.15) is 17.7 Å². The van der Waals surface area contributed by atoms with Crippen molar-refractivity contribution >= 4 is 17.3 Å². The van der Waals surface area contributed by atoms with Crippen molar-refractivity contribution in [1.82, 2.24) is 0 Å². The van der Waals surface area contributed by atoms with Gasteiger partial charge in [-0.3, -0.25) is 0 Å². The van der Waals surface area contributed by atoms with Gasteiger partial charge >= 0.3 is 0 Å². The van der Waals surface area contributed by atoms with Gasteiger partial charge in [0.2, 0.25) is 0 Å². The van der Waals surface area contributed by atoms with Crippen LogP contribution >= 0.6 is 11.6 Å². The topological polar surface area (TPSA) is 56.0 Å². The van der Waals surface area contributed by atoms with E-state index in [9.17, 15) is 13.9 Å². The lowest BCUT2D eigenvalue weighted by Crippen LogP contribution is -2.15. The number of aliphatic hydroxyl groups excluding tert-OH is 1. The highest BCUT2D eigenvalue weighted by atomic mass is 35.5. The number of aliphatic hydroxyl groups is 1. The molecule has 6 heteroatoms. The molecule has 2 aromatic carbocycles. The number of hydrogen-bond acceptors (Lipinski definition) is 3. The SMILES string of the molecule is N#Cc1ccc(NCC(O)c2c(F)cccc2F)c(Cl)c1. The van der Waals surface area contributed by atoms with Gasteiger partial charge < -0.3 is 10.4 Å². The molecule has 21 heavy (non-hydrogen) atoms. The summed E-state index contributed by atoms with van der Waals surface area (Å²) in [6, 6.07) is 9.89. The molecular weight excluding hydrogens is 298 g/mol. The molecule has 0 spiro atoms. The van der Waals surface area contributed by atoms with E-state index in [1.54, 1.807) is 12.1 Å². The summed E-state index contributed by atoms with van der Waals surface area (Å²) in [6.45, 7) is -0.122. The molecule has 0 aliphatic rings. The molecule has 0 aliphatic heterocycles. The average Bonchev–Trinajstić information content (AvgIpc) is 2.45. The molecule has 0 aliphatic carbocycles. The summed E-state index contributed by atoms with van der Waals surface area (Å²) in [5.74, 6) is -1.62. The minimum atomic E-state index is -1.36. The van der Waals surface area contributed by atoms with Gasteiger partial charge in [-0.05, 0) is 30.3 Å². The van der Waals surface area contributed by atoms with Gasteiger partial charge in [0, 0.05) is 6.54 Å². The first-order valence-corrected chi connectivity index (χ1v) is 6.46.